The van der Waals surface area contributed by atoms with E-state index in [0.717, 1.165) is 36.6 Å². The van der Waals surface area contributed by atoms with Gasteiger partial charge in [0, 0.05) is 39.3 Å². The first-order valence-corrected chi connectivity index (χ1v) is 8.49. The third-order valence-corrected chi connectivity index (χ3v) is 5.00. The lowest BCUT2D eigenvalue weighted by Crippen LogP contribution is -2.38. The highest BCUT2D eigenvalue weighted by molar-refractivity contribution is 7.12. The predicted molar refractivity (Wildman–Crippen MR) is 90.8 cm³/mol. The van der Waals surface area contributed by atoms with Gasteiger partial charge in [-0.05, 0) is 42.0 Å². The minimum atomic E-state index is 0.168. The average molecular weight is 315 g/mol. The molecule has 3 rings (SSSR count). The molecule has 4 nitrogen and oxygen atoms in total. The summed E-state index contributed by atoms with van der Waals surface area (Å²) in [6.45, 7) is 1.66. The molecule has 1 aliphatic rings. The Labute approximate surface area is 135 Å². The molecule has 1 fully saturated rings. The first-order chi connectivity index (χ1) is 10.6. The number of carbonyl (C=O) groups is 1. The third-order valence-electron chi connectivity index (χ3n) is 4.14. The SMILES string of the molecule is CN(C)c1cc(C2CCCN(C(=O)c3cccs3)C2)ccn1. The van der Waals surface area contributed by atoms with E-state index in [1.807, 2.05) is 47.6 Å². The molecule has 1 saturated heterocycles. The molecule has 0 saturated carbocycles. The number of anilines is 1. The molecule has 0 aliphatic carbocycles. The van der Waals surface area contributed by atoms with Crippen molar-refractivity contribution in [1.29, 1.82) is 0 Å². The van der Waals surface area contributed by atoms with Crippen LogP contribution in [0.2, 0.25) is 0 Å². The molecule has 1 unspecified atom stereocenters. The van der Waals surface area contributed by atoms with Gasteiger partial charge in [0.1, 0.15) is 5.82 Å². The first kappa shape index (κ1) is 15.0. The third kappa shape index (κ3) is 3.14. The summed E-state index contributed by atoms with van der Waals surface area (Å²) in [4.78, 5) is 21.8. The molecule has 0 N–H and O–H groups in total. The first-order valence-electron chi connectivity index (χ1n) is 7.61. The summed E-state index contributed by atoms with van der Waals surface area (Å²) in [5, 5.41) is 1.96. The van der Waals surface area contributed by atoms with Crippen molar-refractivity contribution < 1.29 is 4.79 Å². The van der Waals surface area contributed by atoms with E-state index in [1.54, 1.807) is 0 Å². The van der Waals surface area contributed by atoms with Gasteiger partial charge < -0.3 is 9.80 Å². The lowest BCUT2D eigenvalue weighted by Gasteiger charge is -2.33. The Hall–Kier alpha value is -1.88. The standard InChI is InChI=1S/C17H21N3OS/c1-19(2)16-11-13(7-8-18-16)14-5-3-9-20(12-14)17(21)15-6-4-10-22-15/h4,6-8,10-11,14H,3,5,9,12H2,1-2H3. The van der Waals surface area contributed by atoms with Crippen LogP contribution in [0.15, 0.2) is 35.8 Å². The number of hydrogen-bond acceptors (Lipinski definition) is 4. The highest BCUT2D eigenvalue weighted by atomic mass is 32.1. The van der Waals surface area contributed by atoms with Crippen molar-refractivity contribution in [2.45, 2.75) is 18.8 Å². The van der Waals surface area contributed by atoms with E-state index in [0.29, 0.717) is 5.92 Å². The largest absolute Gasteiger partial charge is 0.363 e. The second kappa shape index (κ2) is 6.48. The Bertz CT molecular complexity index is 639. The molecule has 0 spiro atoms. The maximum atomic E-state index is 12.5. The van der Waals surface area contributed by atoms with E-state index >= 15 is 0 Å². The summed E-state index contributed by atoms with van der Waals surface area (Å²) >= 11 is 1.52. The molecule has 2 aromatic rings. The van der Waals surface area contributed by atoms with Crippen LogP contribution in [0.25, 0.3) is 0 Å². The van der Waals surface area contributed by atoms with Gasteiger partial charge in [0.25, 0.3) is 5.91 Å². The number of piperidine rings is 1. The topological polar surface area (TPSA) is 36.4 Å². The van der Waals surface area contributed by atoms with E-state index in [-0.39, 0.29) is 5.91 Å². The molecule has 3 heterocycles. The fraction of sp³-hybridized carbons (Fsp3) is 0.412. The van der Waals surface area contributed by atoms with Gasteiger partial charge in [-0.1, -0.05) is 6.07 Å². The van der Waals surface area contributed by atoms with Crippen molar-refractivity contribution in [3.63, 3.8) is 0 Å². The highest BCUT2D eigenvalue weighted by Crippen LogP contribution is 2.29. The van der Waals surface area contributed by atoms with Crippen molar-refractivity contribution in [1.82, 2.24) is 9.88 Å². The molecule has 0 aromatic carbocycles. The minimum absolute atomic E-state index is 0.168. The van der Waals surface area contributed by atoms with Gasteiger partial charge in [-0.15, -0.1) is 11.3 Å². The van der Waals surface area contributed by atoms with E-state index in [4.69, 9.17) is 0 Å². The zero-order valence-electron chi connectivity index (χ0n) is 13.0. The molecular formula is C17H21N3OS. The van der Waals surface area contributed by atoms with Crippen LogP contribution in [0, 0.1) is 0 Å². The predicted octanol–water partition coefficient (Wildman–Crippen LogP) is 3.23. The van der Waals surface area contributed by atoms with E-state index in [2.05, 4.69) is 17.1 Å². The van der Waals surface area contributed by atoms with Crippen molar-refractivity contribution in [2.75, 3.05) is 32.1 Å². The van der Waals surface area contributed by atoms with Crippen LogP contribution in [0.3, 0.4) is 0 Å². The van der Waals surface area contributed by atoms with Crippen molar-refractivity contribution in [2.24, 2.45) is 0 Å². The number of amides is 1. The lowest BCUT2D eigenvalue weighted by molar-refractivity contribution is 0.0712. The van der Waals surface area contributed by atoms with Gasteiger partial charge in [0.2, 0.25) is 0 Å². The quantitative estimate of drug-likeness (QED) is 0.872. The summed E-state index contributed by atoms with van der Waals surface area (Å²) in [5.74, 6) is 1.54. The molecule has 116 valence electrons. The van der Waals surface area contributed by atoms with E-state index < -0.39 is 0 Å². The van der Waals surface area contributed by atoms with Crippen molar-refractivity contribution in [3.05, 3.63) is 46.3 Å². The zero-order valence-corrected chi connectivity index (χ0v) is 13.8. The number of hydrogen-bond donors (Lipinski definition) is 0. The number of aromatic nitrogens is 1. The van der Waals surface area contributed by atoms with Gasteiger partial charge in [0.05, 0.1) is 4.88 Å². The molecule has 1 aliphatic heterocycles. The zero-order chi connectivity index (χ0) is 15.5. The van der Waals surface area contributed by atoms with Crippen LogP contribution < -0.4 is 4.90 Å². The number of carbonyl (C=O) groups excluding carboxylic acids is 1. The average Bonchev–Trinajstić information content (AvgIpc) is 3.09. The minimum Gasteiger partial charge on any atom is -0.363 e. The van der Waals surface area contributed by atoms with Crippen LogP contribution >= 0.6 is 11.3 Å². The van der Waals surface area contributed by atoms with Crippen molar-refractivity contribution in [3.8, 4) is 0 Å². The van der Waals surface area contributed by atoms with Gasteiger partial charge in [-0.25, -0.2) is 4.98 Å². The molecular weight excluding hydrogens is 294 g/mol. The Kier molecular flexibility index (Phi) is 4.43. The number of nitrogens with zero attached hydrogens (tertiary/aromatic N) is 3. The number of rotatable bonds is 3. The van der Waals surface area contributed by atoms with Crippen LogP contribution in [0.5, 0.6) is 0 Å². The Balaban J connectivity index is 1.75. The fourth-order valence-corrected chi connectivity index (χ4v) is 3.61. The molecule has 0 radical (unpaired) electrons. The summed E-state index contributed by atoms with van der Waals surface area (Å²) in [7, 11) is 4.00. The maximum absolute atomic E-state index is 12.5. The molecule has 2 aromatic heterocycles. The number of pyridine rings is 1. The van der Waals surface area contributed by atoms with Gasteiger partial charge >= 0.3 is 0 Å². The summed E-state index contributed by atoms with van der Waals surface area (Å²) in [6, 6.07) is 8.07. The molecule has 0 bridgehead atoms. The molecule has 5 heteroatoms. The molecule has 22 heavy (non-hydrogen) atoms. The van der Waals surface area contributed by atoms with Gasteiger partial charge in [0.15, 0.2) is 0 Å². The normalized spacial score (nSPS) is 18.3. The fourth-order valence-electron chi connectivity index (χ4n) is 2.92. The Morgan fingerprint density at radius 2 is 2.27 bits per heavy atom. The number of likely N-dealkylation sites (tertiary alicyclic amines) is 1. The van der Waals surface area contributed by atoms with Crippen LogP contribution in [-0.4, -0.2) is 43.0 Å². The van der Waals surface area contributed by atoms with E-state index in [1.165, 1.54) is 16.9 Å². The van der Waals surface area contributed by atoms with Gasteiger partial charge in [-0.3, -0.25) is 4.79 Å². The van der Waals surface area contributed by atoms with Crippen molar-refractivity contribution >= 4 is 23.1 Å². The van der Waals surface area contributed by atoms with Crippen LogP contribution in [0.1, 0.15) is 34.0 Å². The summed E-state index contributed by atoms with van der Waals surface area (Å²) < 4.78 is 0. The van der Waals surface area contributed by atoms with E-state index in [9.17, 15) is 4.79 Å². The molecule has 1 atom stereocenters. The highest BCUT2D eigenvalue weighted by Gasteiger charge is 2.26. The Morgan fingerprint density at radius 1 is 1.41 bits per heavy atom. The van der Waals surface area contributed by atoms with Crippen LogP contribution in [-0.2, 0) is 0 Å². The number of thiophene rings is 1. The second-order valence-electron chi connectivity index (χ2n) is 5.91. The smallest absolute Gasteiger partial charge is 0.263 e. The second-order valence-corrected chi connectivity index (χ2v) is 6.86. The molecule has 1 amide bonds. The monoisotopic (exact) mass is 315 g/mol. The maximum Gasteiger partial charge on any atom is 0.263 e. The summed E-state index contributed by atoms with van der Waals surface area (Å²) in [5.41, 5.74) is 1.28. The Morgan fingerprint density at radius 3 is 3.00 bits per heavy atom. The lowest BCUT2D eigenvalue weighted by atomic mass is 9.91. The van der Waals surface area contributed by atoms with Crippen LogP contribution in [0.4, 0.5) is 5.82 Å². The summed E-state index contributed by atoms with van der Waals surface area (Å²) in [6.07, 6.45) is 4.05. The van der Waals surface area contributed by atoms with Gasteiger partial charge in [-0.2, -0.15) is 0 Å².